The Morgan fingerprint density at radius 3 is 2.88 bits per heavy atom. The average Bonchev–Trinajstić information content (AvgIpc) is 2.87. The first-order valence-electron chi connectivity index (χ1n) is 6.30. The molecule has 0 bridgehead atoms. The third kappa shape index (κ3) is 3.85. The predicted molar refractivity (Wildman–Crippen MR) is 68.3 cm³/mol. The fourth-order valence-electron chi connectivity index (χ4n) is 1.83. The van der Waals surface area contributed by atoms with Gasteiger partial charge in [-0.05, 0) is 19.3 Å². The van der Waals surface area contributed by atoms with Crippen LogP contribution in [0.25, 0.3) is 0 Å². The van der Waals surface area contributed by atoms with Gasteiger partial charge in [0.15, 0.2) is 0 Å². The molecule has 1 saturated heterocycles. The quantitative estimate of drug-likeness (QED) is 0.790. The van der Waals surface area contributed by atoms with Gasteiger partial charge in [-0.3, -0.25) is 0 Å². The maximum atomic E-state index is 5.55. The molecule has 0 spiro atoms. The van der Waals surface area contributed by atoms with E-state index in [0.717, 1.165) is 44.2 Å². The van der Waals surface area contributed by atoms with Gasteiger partial charge in [-0.15, -0.1) is 0 Å². The highest BCUT2D eigenvalue weighted by Crippen LogP contribution is 2.14. The second-order valence-corrected chi connectivity index (χ2v) is 4.23. The van der Waals surface area contributed by atoms with Gasteiger partial charge in [-0.2, -0.15) is 0 Å². The highest BCUT2D eigenvalue weighted by Gasteiger charge is 2.14. The molecule has 5 nitrogen and oxygen atoms in total. The Morgan fingerprint density at radius 1 is 1.35 bits per heavy atom. The first-order chi connectivity index (χ1) is 8.38. The fraction of sp³-hybridized carbons (Fsp3) is 0.667. The van der Waals surface area contributed by atoms with E-state index in [-0.39, 0.29) is 0 Å². The highest BCUT2D eigenvalue weighted by molar-refractivity contribution is 5.46. The summed E-state index contributed by atoms with van der Waals surface area (Å²) >= 11 is 0. The molecule has 2 N–H and O–H groups in total. The van der Waals surface area contributed by atoms with E-state index in [1.54, 1.807) is 6.33 Å². The molecule has 2 rings (SSSR count). The van der Waals surface area contributed by atoms with Gasteiger partial charge in [-0.25, -0.2) is 9.97 Å². The van der Waals surface area contributed by atoms with Gasteiger partial charge in [0.2, 0.25) is 0 Å². The Bertz CT molecular complexity index is 339. The van der Waals surface area contributed by atoms with Crippen molar-refractivity contribution in [2.45, 2.75) is 32.3 Å². The normalized spacial score (nSPS) is 19.2. The van der Waals surface area contributed by atoms with Crippen molar-refractivity contribution in [3.63, 3.8) is 0 Å². The molecule has 94 valence electrons. The molecule has 17 heavy (non-hydrogen) atoms. The molecule has 1 aliphatic rings. The summed E-state index contributed by atoms with van der Waals surface area (Å²) < 4.78 is 5.55. The predicted octanol–water partition coefficient (Wildman–Crippen LogP) is 1.89. The third-order valence-electron chi connectivity index (χ3n) is 2.76. The zero-order valence-electron chi connectivity index (χ0n) is 10.3. The summed E-state index contributed by atoms with van der Waals surface area (Å²) in [7, 11) is 0. The average molecular weight is 236 g/mol. The molecule has 1 aromatic rings. The van der Waals surface area contributed by atoms with Crippen LogP contribution in [0.3, 0.4) is 0 Å². The molecule has 1 fully saturated rings. The van der Waals surface area contributed by atoms with E-state index in [0.29, 0.717) is 6.10 Å². The summed E-state index contributed by atoms with van der Waals surface area (Å²) in [5, 5.41) is 6.53. The summed E-state index contributed by atoms with van der Waals surface area (Å²) in [6.07, 6.45) is 5.30. The molecule has 1 atom stereocenters. The minimum atomic E-state index is 0.331. The van der Waals surface area contributed by atoms with Gasteiger partial charge >= 0.3 is 0 Å². The van der Waals surface area contributed by atoms with Crippen molar-refractivity contribution in [1.82, 2.24) is 9.97 Å². The van der Waals surface area contributed by atoms with Crippen molar-refractivity contribution in [2.75, 3.05) is 30.3 Å². The SMILES string of the molecule is CCCNc1cc(NCC2CCCO2)ncn1. The van der Waals surface area contributed by atoms with Crippen LogP contribution in [0, 0.1) is 0 Å². The fourth-order valence-corrected chi connectivity index (χ4v) is 1.83. The summed E-state index contributed by atoms with van der Waals surface area (Å²) in [6.45, 7) is 4.77. The van der Waals surface area contributed by atoms with Crippen LogP contribution in [-0.2, 0) is 4.74 Å². The van der Waals surface area contributed by atoms with Crippen LogP contribution in [-0.4, -0.2) is 35.8 Å². The third-order valence-corrected chi connectivity index (χ3v) is 2.76. The topological polar surface area (TPSA) is 59.1 Å². The molecule has 5 heteroatoms. The Kier molecular flexibility index (Phi) is 4.55. The van der Waals surface area contributed by atoms with Crippen molar-refractivity contribution in [3.05, 3.63) is 12.4 Å². The van der Waals surface area contributed by atoms with Crippen molar-refractivity contribution in [3.8, 4) is 0 Å². The van der Waals surface area contributed by atoms with Crippen LogP contribution < -0.4 is 10.6 Å². The highest BCUT2D eigenvalue weighted by atomic mass is 16.5. The number of anilines is 2. The molecule has 1 aromatic heterocycles. The monoisotopic (exact) mass is 236 g/mol. The lowest BCUT2D eigenvalue weighted by Gasteiger charge is -2.11. The van der Waals surface area contributed by atoms with Crippen molar-refractivity contribution < 1.29 is 4.74 Å². The molecule has 0 radical (unpaired) electrons. The Morgan fingerprint density at radius 2 is 2.18 bits per heavy atom. The summed E-state index contributed by atoms with van der Waals surface area (Å²) in [4.78, 5) is 8.35. The molecule has 1 unspecified atom stereocenters. The first kappa shape index (κ1) is 12.1. The van der Waals surface area contributed by atoms with Gasteiger partial charge in [0.25, 0.3) is 0 Å². The Labute approximate surface area is 102 Å². The van der Waals surface area contributed by atoms with E-state index < -0.39 is 0 Å². The lowest BCUT2D eigenvalue weighted by Crippen LogP contribution is -2.19. The van der Waals surface area contributed by atoms with Crippen LogP contribution in [0.4, 0.5) is 11.6 Å². The standard InChI is InChI=1S/C12H20N4O/c1-2-5-13-11-7-12(16-9-15-11)14-8-10-4-3-6-17-10/h7,9-10H,2-6,8H2,1H3,(H2,13,14,15,16). The molecular formula is C12H20N4O. The smallest absolute Gasteiger partial charge is 0.131 e. The summed E-state index contributed by atoms with van der Waals surface area (Å²) in [5.41, 5.74) is 0. The van der Waals surface area contributed by atoms with Crippen LogP contribution >= 0.6 is 0 Å². The van der Waals surface area contributed by atoms with Gasteiger partial charge in [0, 0.05) is 25.8 Å². The molecule has 0 aliphatic carbocycles. The molecule has 0 aromatic carbocycles. The zero-order valence-corrected chi connectivity index (χ0v) is 10.3. The first-order valence-corrected chi connectivity index (χ1v) is 6.30. The Hall–Kier alpha value is -1.36. The van der Waals surface area contributed by atoms with Crippen molar-refractivity contribution in [1.29, 1.82) is 0 Å². The lowest BCUT2D eigenvalue weighted by molar-refractivity contribution is 0.120. The summed E-state index contributed by atoms with van der Waals surface area (Å²) in [6, 6.07) is 1.94. The minimum absolute atomic E-state index is 0.331. The number of hydrogen-bond acceptors (Lipinski definition) is 5. The van der Waals surface area contributed by atoms with E-state index in [1.165, 1.54) is 6.42 Å². The van der Waals surface area contributed by atoms with Crippen LogP contribution in [0.2, 0.25) is 0 Å². The molecule has 1 aliphatic heterocycles. The van der Waals surface area contributed by atoms with E-state index in [1.807, 2.05) is 6.07 Å². The van der Waals surface area contributed by atoms with Crippen molar-refractivity contribution >= 4 is 11.6 Å². The van der Waals surface area contributed by atoms with Crippen molar-refractivity contribution in [2.24, 2.45) is 0 Å². The second kappa shape index (κ2) is 6.39. The molecular weight excluding hydrogens is 216 g/mol. The summed E-state index contributed by atoms with van der Waals surface area (Å²) in [5.74, 6) is 1.73. The number of nitrogens with zero attached hydrogens (tertiary/aromatic N) is 2. The van der Waals surface area contributed by atoms with E-state index in [4.69, 9.17) is 4.74 Å². The maximum absolute atomic E-state index is 5.55. The number of aromatic nitrogens is 2. The Balaban J connectivity index is 1.82. The number of hydrogen-bond donors (Lipinski definition) is 2. The number of ether oxygens (including phenoxy) is 1. The van der Waals surface area contributed by atoms with Crippen LogP contribution in [0.15, 0.2) is 12.4 Å². The van der Waals surface area contributed by atoms with E-state index in [2.05, 4.69) is 27.5 Å². The maximum Gasteiger partial charge on any atom is 0.131 e. The molecule has 2 heterocycles. The number of nitrogens with one attached hydrogen (secondary N) is 2. The molecule has 0 saturated carbocycles. The number of rotatable bonds is 6. The van der Waals surface area contributed by atoms with Crippen LogP contribution in [0.5, 0.6) is 0 Å². The van der Waals surface area contributed by atoms with Gasteiger partial charge in [0.05, 0.1) is 6.10 Å². The van der Waals surface area contributed by atoms with E-state index in [9.17, 15) is 0 Å². The largest absolute Gasteiger partial charge is 0.376 e. The zero-order chi connectivity index (χ0) is 11.9. The van der Waals surface area contributed by atoms with Gasteiger partial charge < -0.3 is 15.4 Å². The minimum Gasteiger partial charge on any atom is -0.376 e. The van der Waals surface area contributed by atoms with Gasteiger partial charge in [-0.1, -0.05) is 6.92 Å². The van der Waals surface area contributed by atoms with Gasteiger partial charge in [0.1, 0.15) is 18.0 Å². The molecule has 0 amide bonds. The van der Waals surface area contributed by atoms with Crippen LogP contribution in [0.1, 0.15) is 26.2 Å². The lowest BCUT2D eigenvalue weighted by atomic mass is 10.2. The van der Waals surface area contributed by atoms with E-state index >= 15 is 0 Å². The second-order valence-electron chi connectivity index (χ2n) is 4.23.